The molecule has 2 aromatic rings. The fourth-order valence-corrected chi connectivity index (χ4v) is 3.72. The minimum Gasteiger partial charge on any atom is -0.495 e. The fraction of sp³-hybridized carbons (Fsp3) is 0.450. The van der Waals surface area contributed by atoms with E-state index in [0.717, 1.165) is 30.9 Å². The molecule has 1 saturated carbocycles. The molecule has 1 aliphatic carbocycles. The minimum atomic E-state index is -0.109. The Morgan fingerprint density at radius 3 is 2.89 bits per heavy atom. The number of amides is 1. The van der Waals surface area contributed by atoms with Gasteiger partial charge in [0.1, 0.15) is 17.9 Å². The maximum absolute atomic E-state index is 12.8. The Bertz CT molecular complexity index is 840. The van der Waals surface area contributed by atoms with E-state index in [1.54, 1.807) is 31.6 Å². The predicted molar refractivity (Wildman–Crippen MR) is 106 cm³/mol. The Labute approximate surface area is 163 Å². The van der Waals surface area contributed by atoms with Crippen molar-refractivity contribution in [1.82, 2.24) is 9.97 Å². The third-order valence-corrected chi connectivity index (χ3v) is 5.44. The van der Waals surface area contributed by atoms with Crippen molar-refractivity contribution in [2.75, 3.05) is 30.4 Å². The van der Waals surface area contributed by atoms with Crippen molar-refractivity contribution in [1.29, 1.82) is 0 Å². The summed E-state index contributed by atoms with van der Waals surface area (Å²) in [6.45, 7) is 1.56. The Hall–Kier alpha value is -2.34. The summed E-state index contributed by atoms with van der Waals surface area (Å²) in [6, 6.07) is 7.29. The molecule has 1 aromatic carbocycles. The first-order valence-electron chi connectivity index (χ1n) is 9.35. The molecule has 142 valence electrons. The summed E-state index contributed by atoms with van der Waals surface area (Å²) in [7, 11) is 1.58. The third-order valence-electron chi connectivity index (χ3n) is 5.20. The second-order valence-electron chi connectivity index (χ2n) is 7.19. The van der Waals surface area contributed by atoms with Gasteiger partial charge >= 0.3 is 0 Å². The Morgan fingerprint density at radius 2 is 2.11 bits per heavy atom. The third kappa shape index (κ3) is 4.16. The lowest BCUT2D eigenvalue weighted by atomic mass is 9.97. The summed E-state index contributed by atoms with van der Waals surface area (Å²) in [5.74, 6) is 1.99. The van der Waals surface area contributed by atoms with E-state index in [0.29, 0.717) is 28.9 Å². The molecule has 7 heteroatoms. The highest BCUT2D eigenvalue weighted by Crippen LogP contribution is 2.39. The molecule has 1 amide bonds. The molecule has 0 radical (unpaired) electrons. The molecular formula is C20H23ClN4O2. The summed E-state index contributed by atoms with van der Waals surface area (Å²) < 4.78 is 5.32. The van der Waals surface area contributed by atoms with Crippen molar-refractivity contribution in [3.05, 3.63) is 41.3 Å². The number of nitrogens with zero attached hydrogens (tertiary/aromatic N) is 3. The van der Waals surface area contributed by atoms with Gasteiger partial charge in [0.15, 0.2) is 0 Å². The number of piperidine rings is 1. The highest BCUT2D eigenvalue weighted by Gasteiger charge is 2.29. The van der Waals surface area contributed by atoms with Gasteiger partial charge < -0.3 is 15.0 Å². The standard InChI is InChI=1S/C20H23ClN4O2/c1-27-18-7-6-15(21)9-17(18)24-20(26)14-3-2-8-25(11-14)19-10-16(13-4-5-13)22-12-23-19/h6-7,9-10,12-14H,2-5,8,11H2,1H3,(H,24,26)/t14-/m0/s1. The molecule has 1 aliphatic heterocycles. The SMILES string of the molecule is COc1ccc(Cl)cc1NC(=O)[C@H]1CCCN(c2cc(C3CC3)ncn2)C1. The Balaban J connectivity index is 1.45. The van der Waals surface area contributed by atoms with Gasteiger partial charge in [-0.2, -0.15) is 0 Å². The molecule has 27 heavy (non-hydrogen) atoms. The second kappa shape index (κ2) is 7.72. The first-order chi connectivity index (χ1) is 13.1. The molecule has 4 rings (SSSR count). The summed E-state index contributed by atoms with van der Waals surface area (Å²) in [6.07, 6.45) is 5.87. The lowest BCUT2D eigenvalue weighted by Crippen LogP contribution is -2.41. The number of halogens is 1. The molecule has 0 bridgehead atoms. The van der Waals surface area contributed by atoms with E-state index in [1.807, 2.05) is 0 Å². The summed E-state index contributed by atoms with van der Waals surface area (Å²) in [5.41, 5.74) is 1.72. The molecule has 2 heterocycles. The molecule has 0 unspecified atom stereocenters. The van der Waals surface area contributed by atoms with Crippen LogP contribution in [-0.4, -0.2) is 36.1 Å². The topological polar surface area (TPSA) is 67.3 Å². The van der Waals surface area contributed by atoms with Crippen molar-refractivity contribution in [3.63, 3.8) is 0 Å². The molecule has 2 fully saturated rings. The van der Waals surface area contributed by atoms with Crippen LogP contribution in [0.3, 0.4) is 0 Å². The molecule has 1 N–H and O–H groups in total. The van der Waals surface area contributed by atoms with E-state index in [9.17, 15) is 4.79 Å². The van der Waals surface area contributed by atoms with E-state index in [2.05, 4.69) is 26.3 Å². The second-order valence-corrected chi connectivity index (χ2v) is 7.63. The molecule has 1 saturated heterocycles. The molecule has 1 atom stereocenters. The number of methoxy groups -OCH3 is 1. The summed E-state index contributed by atoms with van der Waals surface area (Å²) in [5, 5.41) is 3.54. The smallest absolute Gasteiger partial charge is 0.229 e. The average Bonchev–Trinajstić information content (AvgIpc) is 3.54. The number of hydrogen-bond acceptors (Lipinski definition) is 5. The van der Waals surface area contributed by atoms with Gasteiger partial charge in [-0.25, -0.2) is 9.97 Å². The lowest BCUT2D eigenvalue weighted by molar-refractivity contribution is -0.120. The molecule has 2 aliphatic rings. The Morgan fingerprint density at radius 1 is 1.26 bits per heavy atom. The van der Waals surface area contributed by atoms with E-state index in [4.69, 9.17) is 16.3 Å². The van der Waals surface area contributed by atoms with E-state index >= 15 is 0 Å². The molecule has 0 spiro atoms. The van der Waals surface area contributed by atoms with Crippen LogP contribution in [0.15, 0.2) is 30.6 Å². The first-order valence-corrected chi connectivity index (χ1v) is 9.73. The monoisotopic (exact) mass is 386 g/mol. The molecule has 1 aromatic heterocycles. The highest BCUT2D eigenvalue weighted by atomic mass is 35.5. The van der Waals surface area contributed by atoms with Crippen LogP contribution < -0.4 is 15.0 Å². The van der Waals surface area contributed by atoms with Gasteiger partial charge in [-0.3, -0.25) is 4.79 Å². The zero-order valence-corrected chi connectivity index (χ0v) is 16.1. The van der Waals surface area contributed by atoms with Gasteiger partial charge in [0.05, 0.1) is 18.7 Å². The number of ether oxygens (including phenoxy) is 1. The predicted octanol–water partition coefficient (Wildman–Crippen LogP) is 3.87. The minimum absolute atomic E-state index is 0.0169. The van der Waals surface area contributed by atoms with Crippen molar-refractivity contribution in [3.8, 4) is 5.75 Å². The average molecular weight is 387 g/mol. The number of aromatic nitrogens is 2. The van der Waals surface area contributed by atoms with Gasteiger partial charge in [-0.05, 0) is 43.9 Å². The summed E-state index contributed by atoms with van der Waals surface area (Å²) in [4.78, 5) is 23.9. The maximum Gasteiger partial charge on any atom is 0.229 e. The Kier molecular flexibility index (Phi) is 5.16. The number of rotatable bonds is 5. The normalized spacial score (nSPS) is 19.6. The van der Waals surface area contributed by atoms with Gasteiger partial charge in [0.2, 0.25) is 5.91 Å². The number of hydrogen-bond donors (Lipinski definition) is 1. The van der Waals surface area contributed by atoms with Crippen LogP contribution in [0.25, 0.3) is 0 Å². The number of nitrogens with one attached hydrogen (secondary N) is 1. The van der Waals surface area contributed by atoms with Gasteiger partial charge in [-0.15, -0.1) is 0 Å². The number of carbonyl (C=O) groups is 1. The quantitative estimate of drug-likeness (QED) is 0.844. The van der Waals surface area contributed by atoms with Crippen LogP contribution in [-0.2, 0) is 4.79 Å². The van der Waals surface area contributed by atoms with Crippen molar-refractivity contribution < 1.29 is 9.53 Å². The van der Waals surface area contributed by atoms with Crippen molar-refractivity contribution in [2.45, 2.75) is 31.6 Å². The van der Waals surface area contributed by atoms with E-state index in [1.165, 1.54) is 12.8 Å². The summed E-state index contributed by atoms with van der Waals surface area (Å²) >= 11 is 6.06. The van der Waals surface area contributed by atoms with Gasteiger partial charge in [-0.1, -0.05) is 11.6 Å². The van der Waals surface area contributed by atoms with Gasteiger partial charge in [0.25, 0.3) is 0 Å². The highest BCUT2D eigenvalue weighted by molar-refractivity contribution is 6.31. The largest absolute Gasteiger partial charge is 0.495 e. The first kappa shape index (κ1) is 18.0. The number of carbonyl (C=O) groups excluding carboxylic acids is 1. The van der Waals surface area contributed by atoms with E-state index < -0.39 is 0 Å². The van der Waals surface area contributed by atoms with E-state index in [-0.39, 0.29) is 11.8 Å². The zero-order chi connectivity index (χ0) is 18.8. The number of anilines is 2. The van der Waals surface area contributed by atoms with Gasteiger partial charge in [0, 0.05) is 35.8 Å². The van der Waals surface area contributed by atoms with Crippen LogP contribution in [0.4, 0.5) is 11.5 Å². The molecular weight excluding hydrogens is 364 g/mol. The zero-order valence-electron chi connectivity index (χ0n) is 15.3. The fourth-order valence-electron chi connectivity index (χ4n) is 3.55. The van der Waals surface area contributed by atoms with Crippen molar-refractivity contribution >= 4 is 29.0 Å². The van der Waals surface area contributed by atoms with Crippen LogP contribution in [0.1, 0.15) is 37.3 Å². The molecule has 6 nitrogen and oxygen atoms in total. The van der Waals surface area contributed by atoms with Crippen LogP contribution in [0.5, 0.6) is 5.75 Å². The van der Waals surface area contributed by atoms with Crippen LogP contribution in [0.2, 0.25) is 5.02 Å². The van der Waals surface area contributed by atoms with Crippen molar-refractivity contribution in [2.24, 2.45) is 5.92 Å². The lowest BCUT2D eigenvalue weighted by Gasteiger charge is -2.33. The number of benzene rings is 1. The van der Waals surface area contributed by atoms with Crippen LogP contribution in [0, 0.1) is 5.92 Å². The van der Waals surface area contributed by atoms with Crippen LogP contribution >= 0.6 is 11.6 Å². The maximum atomic E-state index is 12.8.